The number of benzene rings is 2. The molecular weight excluding hydrogens is 326 g/mol. The summed E-state index contributed by atoms with van der Waals surface area (Å²) in [5, 5.41) is 17.5. The minimum atomic E-state index is -0.778. The maximum absolute atomic E-state index is 12.5. The number of carbonyl (C=O) groups excluding carboxylic acids is 1. The molecule has 0 spiro atoms. The Hall–Kier alpha value is -3.85. The Morgan fingerprint density at radius 2 is 2.04 bits per heavy atom. The van der Waals surface area contributed by atoms with Crippen LogP contribution in [0.25, 0.3) is 16.6 Å². The summed E-state index contributed by atoms with van der Waals surface area (Å²) in [5.41, 5.74) is 2.89. The molecule has 2 aromatic heterocycles. The monoisotopic (exact) mass is 341 g/mol. The molecule has 1 amide bonds. The molecule has 2 heterocycles. The molecule has 26 heavy (non-hydrogen) atoms. The molecule has 0 saturated heterocycles. The molecular formula is C20H15N5O. The number of aromatic nitrogens is 3. The van der Waals surface area contributed by atoms with Crippen molar-refractivity contribution in [1.29, 1.82) is 5.26 Å². The first kappa shape index (κ1) is 15.7. The van der Waals surface area contributed by atoms with E-state index in [1.807, 2.05) is 48.7 Å². The van der Waals surface area contributed by atoms with Crippen LogP contribution in [0.5, 0.6) is 0 Å². The highest BCUT2D eigenvalue weighted by Gasteiger charge is 2.17. The van der Waals surface area contributed by atoms with Crippen LogP contribution in [-0.2, 0) is 0 Å². The second-order valence-electron chi connectivity index (χ2n) is 5.87. The van der Waals surface area contributed by atoms with Gasteiger partial charge in [-0.25, -0.2) is 4.68 Å². The van der Waals surface area contributed by atoms with E-state index in [1.165, 1.54) is 0 Å². The third-order valence-corrected chi connectivity index (χ3v) is 4.18. The Labute approximate surface area is 149 Å². The first-order chi connectivity index (χ1) is 12.7. The summed E-state index contributed by atoms with van der Waals surface area (Å²) in [6.07, 6.45) is 5.16. The number of nitrogens with one attached hydrogen (secondary N) is 2. The van der Waals surface area contributed by atoms with Crippen LogP contribution >= 0.6 is 0 Å². The lowest BCUT2D eigenvalue weighted by Crippen LogP contribution is -2.27. The highest BCUT2D eigenvalue weighted by atomic mass is 16.1. The maximum Gasteiger partial charge on any atom is 0.252 e. The zero-order chi connectivity index (χ0) is 17.9. The molecule has 0 radical (unpaired) electrons. The lowest BCUT2D eigenvalue weighted by Gasteiger charge is -2.10. The number of nitrogens with zero attached hydrogens (tertiary/aromatic N) is 3. The summed E-state index contributed by atoms with van der Waals surface area (Å²) in [4.78, 5) is 15.6. The molecule has 0 saturated carbocycles. The van der Waals surface area contributed by atoms with Crippen molar-refractivity contribution in [3.8, 4) is 11.8 Å². The van der Waals surface area contributed by atoms with Gasteiger partial charge in [0.05, 0.1) is 18.0 Å². The Kier molecular flexibility index (Phi) is 3.96. The fourth-order valence-electron chi connectivity index (χ4n) is 2.80. The van der Waals surface area contributed by atoms with Gasteiger partial charge in [0.15, 0.2) is 0 Å². The molecule has 0 bridgehead atoms. The highest BCUT2D eigenvalue weighted by Crippen LogP contribution is 2.17. The van der Waals surface area contributed by atoms with Gasteiger partial charge < -0.3 is 10.3 Å². The average molecular weight is 341 g/mol. The van der Waals surface area contributed by atoms with Crippen LogP contribution in [0.2, 0.25) is 0 Å². The summed E-state index contributed by atoms with van der Waals surface area (Å²) < 4.78 is 1.68. The number of amides is 1. The second-order valence-corrected chi connectivity index (χ2v) is 5.87. The van der Waals surface area contributed by atoms with Crippen molar-refractivity contribution in [2.75, 3.05) is 0 Å². The van der Waals surface area contributed by atoms with E-state index in [0.717, 1.165) is 16.6 Å². The second kappa shape index (κ2) is 6.57. The molecule has 0 aliphatic heterocycles. The van der Waals surface area contributed by atoms with Crippen LogP contribution in [-0.4, -0.2) is 20.7 Å². The van der Waals surface area contributed by atoms with E-state index in [9.17, 15) is 10.1 Å². The first-order valence-corrected chi connectivity index (χ1v) is 8.12. The Balaban J connectivity index is 1.55. The number of fused-ring (bicyclic) bond motifs is 1. The smallest absolute Gasteiger partial charge is 0.252 e. The van der Waals surface area contributed by atoms with E-state index in [0.29, 0.717) is 11.1 Å². The van der Waals surface area contributed by atoms with Gasteiger partial charge in [-0.3, -0.25) is 4.79 Å². The van der Waals surface area contributed by atoms with Gasteiger partial charge in [-0.2, -0.15) is 10.4 Å². The number of rotatable bonds is 4. The van der Waals surface area contributed by atoms with Gasteiger partial charge in [-0.15, -0.1) is 0 Å². The lowest BCUT2D eigenvalue weighted by molar-refractivity contribution is 0.0945. The standard InChI is InChI=1S/C20H15N5O/c21-11-19(16-12-23-25(13-16)17-4-2-1-3-5-17)24-20(26)15-7-6-14-8-9-22-18(14)10-15/h1-10,12-13,19,22H,(H,24,26)/t19-/m1/s1. The summed E-state index contributed by atoms with van der Waals surface area (Å²) in [5.74, 6) is -0.305. The number of H-pyrrole nitrogens is 1. The van der Waals surface area contributed by atoms with Crippen molar-refractivity contribution in [3.05, 3.63) is 84.3 Å². The molecule has 6 nitrogen and oxygen atoms in total. The Morgan fingerprint density at radius 3 is 2.85 bits per heavy atom. The fourth-order valence-corrected chi connectivity index (χ4v) is 2.80. The molecule has 4 rings (SSSR count). The maximum atomic E-state index is 12.5. The van der Waals surface area contributed by atoms with E-state index < -0.39 is 6.04 Å². The van der Waals surface area contributed by atoms with Gasteiger partial charge in [-0.1, -0.05) is 24.3 Å². The van der Waals surface area contributed by atoms with Gasteiger partial charge in [-0.05, 0) is 35.7 Å². The van der Waals surface area contributed by atoms with Crippen molar-refractivity contribution in [1.82, 2.24) is 20.1 Å². The van der Waals surface area contributed by atoms with Gasteiger partial charge in [0, 0.05) is 29.0 Å². The van der Waals surface area contributed by atoms with Crippen LogP contribution in [0.1, 0.15) is 22.0 Å². The number of carbonyl (C=O) groups is 1. The predicted molar refractivity (Wildman–Crippen MR) is 97.7 cm³/mol. The van der Waals surface area contributed by atoms with E-state index in [2.05, 4.69) is 21.5 Å². The Morgan fingerprint density at radius 1 is 1.19 bits per heavy atom. The van der Waals surface area contributed by atoms with E-state index in [4.69, 9.17) is 0 Å². The zero-order valence-corrected chi connectivity index (χ0v) is 13.8. The number of hydrogen-bond donors (Lipinski definition) is 2. The van der Waals surface area contributed by atoms with E-state index >= 15 is 0 Å². The third-order valence-electron chi connectivity index (χ3n) is 4.18. The largest absolute Gasteiger partial charge is 0.361 e. The number of aromatic amines is 1. The zero-order valence-electron chi connectivity index (χ0n) is 13.8. The molecule has 126 valence electrons. The summed E-state index contributed by atoms with van der Waals surface area (Å²) >= 11 is 0. The number of para-hydroxylation sites is 1. The van der Waals surface area contributed by atoms with Crippen LogP contribution < -0.4 is 5.32 Å². The van der Waals surface area contributed by atoms with E-state index in [1.54, 1.807) is 29.2 Å². The van der Waals surface area contributed by atoms with Crippen molar-refractivity contribution in [2.24, 2.45) is 0 Å². The molecule has 0 aliphatic carbocycles. The van der Waals surface area contributed by atoms with Crippen LogP contribution in [0, 0.1) is 11.3 Å². The van der Waals surface area contributed by atoms with Crippen molar-refractivity contribution < 1.29 is 4.79 Å². The molecule has 2 N–H and O–H groups in total. The minimum Gasteiger partial charge on any atom is -0.361 e. The minimum absolute atomic E-state index is 0.305. The lowest BCUT2D eigenvalue weighted by atomic mass is 10.1. The van der Waals surface area contributed by atoms with Gasteiger partial charge in [0.1, 0.15) is 6.04 Å². The predicted octanol–water partition coefficient (Wildman–Crippen LogP) is 3.35. The molecule has 0 fully saturated rings. The average Bonchev–Trinajstić information content (AvgIpc) is 3.35. The van der Waals surface area contributed by atoms with Gasteiger partial charge in [0.25, 0.3) is 5.91 Å². The molecule has 1 atom stereocenters. The summed E-state index contributed by atoms with van der Waals surface area (Å²) in [6.45, 7) is 0. The van der Waals surface area contributed by atoms with Crippen molar-refractivity contribution in [3.63, 3.8) is 0 Å². The normalized spacial score (nSPS) is 11.8. The molecule has 0 aliphatic rings. The van der Waals surface area contributed by atoms with Crippen LogP contribution in [0.3, 0.4) is 0 Å². The van der Waals surface area contributed by atoms with Crippen LogP contribution in [0.4, 0.5) is 0 Å². The van der Waals surface area contributed by atoms with Crippen molar-refractivity contribution in [2.45, 2.75) is 6.04 Å². The molecule has 4 aromatic rings. The van der Waals surface area contributed by atoms with Gasteiger partial charge >= 0.3 is 0 Å². The third kappa shape index (κ3) is 2.94. The number of nitriles is 1. The molecule has 2 aromatic carbocycles. The highest BCUT2D eigenvalue weighted by molar-refractivity contribution is 5.98. The van der Waals surface area contributed by atoms with Gasteiger partial charge in [0.2, 0.25) is 0 Å². The topological polar surface area (TPSA) is 86.5 Å². The summed E-state index contributed by atoms with van der Waals surface area (Å²) in [6, 6.07) is 18.3. The quantitative estimate of drug-likeness (QED) is 0.597. The van der Waals surface area contributed by atoms with E-state index in [-0.39, 0.29) is 5.91 Å². The molecule has 0 unspecified atom stereocenters. The SMILES string of the molecule is N#C[C@@H](NC(=O)c1ccc2cc[nH]c2c1)c1cnn(-c2ccccc2)c1. The Bertz CT molecular complexity index is 1100. The van der Waals surface area contributed by atoms with Crippen molar-refractivity contribution >= 4 is 16.8 Å². The fraction of sp³-hybridized carbons (Fsp3) is 0.0500. The number of hydrogen-bond acceptors (Lipinski definition) is 3. The summed E-state index contributed by atoms with van der Waals surface area (Å²) in [7, 11) is 0. The van der Waals surface area contributed by atoms with Crippen LogP contribution in [0.15, 0.2) is 73.2 Å². The molecule has 6 heteroatoms. The first-order valence-electron chi connectivity index (χ1n) is 8.12.